The second kappa shape index (κ2) is 4.91. The van der Waals surface area contributed by atoms with Gasteiger partial charge in [0.05, 0.1) is 0 Å². The second-order valence-electron chi connectivity index (χ2n) is 2.38. The van der Waals surface area contributed by atoms with Crippen molar-refractivity contribution in [3.63, 3.8) is 0 Å². The highest BCUT2D eigenvalue weighted by Crippen LogP contribution is 2.04. The molecule has 3 nitrogen and oxygen atoms in total. The molecule has 0 radical (unpaired) electrons. The predicted octanol–water partition coefficient (Wildman–Crippen LogP) is 0.717. The number of nitrogens with zero attached hydrogens (tertiary/aromatic N) is 1. The standard InChI is InChI=1S/C8H16N2O/c1-4-7(2)10(6-5-9)8(3)11/h2,4-6,9H2,1,3H3. The predicted molar refractivity (Wildman–Crippen MR) is 45.9 cm³/mol. The Morgan fingerprint density at radius 2 is 2.18 bits per heavy atom. The summed E-state index contributed by atoms with van der Waals surface area (Å²) in [5, 5.41) is 0. The van der Waals surface area contributed by atoms with E-state index in [1.54, 1.807) is 4.90 Å². The van der Waals surface area contributed by atoms with Crippen molar-refractivity contribution in [2.45, 2.75) is 20.3 Å². The molecule has 0 saturated carbocycles. The minimum atomic E-state index is 0.0160. The number of hydrogen-bond donors (Lipinski definition) is 1. The SMILES string of the molecule is C=C(CC)N(CCN)C(C)=O. The summed E-state index contributed by atoms with van der Waals surface area (Å²) < 4.78 is 0. The number of allylic oxidation sites excluding steroid dienone is 1. The molecule has 3 heteroatoms. The first-order valence-electron chi connectivity index (χ1n) is 3.79. The van der Waals surface area contributed by atoms with E-state index in [1.165, 1.54) is 6.92 Å². The van der Waals surface area contributed by atoms with Gasteiger partial charge in [-0.05, 0) is 6.42 Å². The number of amides is 1. The Bertz CT molecular complexity index is 154. The van der Waals surface area contributed by atoms with Crippen LogP contribution < -0.4 is 5.73 Å². The van der Waals surface area contributed by atoms with Crippen molar-refractivity contribution in [1.82, 2.24) is 4.90 Å². The van der Waals surface area contributed by atoms with Crippen molar-refractivity contribution in [3.05, 3.63) is 12.3 Å². The Labute approximate surface area is 67.9 Å². The first-order chi connectivity index (χ1) is 5.13. The zero-order valence-electron chi connectivity index (χ0n) is 7.26. The van der Waals surface area contributed by atoms with E-state index in [2.05, 4.69) is 6.58 Å². The Balaban J connectivity index is 4.09. The quantitative estimate of drug-likeness (QED) is 0.651. The van der Waals surface area contributed by atoms with Crippen LogP contribution in [-0.4, -0.2) is 23.9 Å². The monoisotopic (exact) mass is 156 g/mol. The molecule has 0 atom stereocenters. The van der Waals surface area contributed by atoms with Crippen LogP contribution >= 0.6 is 0 Å². The average Bonchev–Trinajstić information content (AvgIpc) is 1.98. The van der Waals surface area contributed by atoms with E-state index in [9.17, 15) is 4.79 Å². The molecule has 0 unspecified atom stereocenters. The minimum Gasteiger partial charge on any atom is -0.329 e. The number of carbonyl (C=O) groups is 1. The fraction of sp³-hybridized carbons (Fsp3) is 0.625. The number of carbonyl (C=O) groups excluding carboxylic acids is 1. The highest BCUT2D eigenvalue weighted by molar-refractivity contribution is 5.75. The van der Waals surface area contributed by atoms with Crippen LogP contribution in [0.4, 0.5) is 0 Å². The molecule has 0 aromatic rings. The maximum atomic E-state index is 10.9. The smallest absolute Gasteiger partial charge is 0.223 e. The second-order valence-corrected chi connectivity index (χ2v) is 2.38. The minimum absolute atomic E-state index is 0.0160. The summed E-state index contributed by atoms with van der Waals surface area (Å²) in [6.45, 7) is 8.31. The Morgan fingerprint density at radius 3 is 2.45 bits per heavy atom. The molecule has 0 aliphatic rings. The van der Waals surface area contributed by atoms with E-state index in [1.807, 2.05) is 6.92 Å². The molecule has 64 valence electrons. The van der Waals surface area contributed by atoms with Gasteiger partial charge in [0.2, 0.25) is 5.91 Å². The molecule has 0 aliphatic heterocycles. The van der Waals surface area contributed by atoms with Gasteiger partial charge in [-0.25, -0.2) is 0 Å². The maximum Gasteiger partial charge on any atom is 0.223 e. The molecular formula is C8H16N2O. The summed E-state index contributed by atoms with van der Waals surface area (Å²) in [6.07, 6.45) is 0.791. The van der Waals surface area contributed by atoms with Gasteiger partial charge < -0.3 is 10.6 Å². The lowest BCUT2D eigenvalue weighted by Crippen LogP contribution is -2.32. The van der Waals surface area contributed by atoms with Crippen molar-refractivity contribution < 1.29 is 4.79 Å². The van der Waals surface area contributed by atoms with Gasteiger partial charge in [0.25, 0.3) is 0 Å². The summed E-state index contributed by atoms with van der Waals surface area (Å²) in [4.78, 5) is 12.6. The third-order valence-corrected chi connectivity index (χ3v) is 1.52. The molecule has 0 aromatic heterocycles. The summed E-state index contributed by atoms with van der Waals surface area (Å²) in [7, 11) is 0. The summed E-state index contributed by atoms with van der Waals surface area (Å²) in [5.41, 5.74) is 6.16. The van der Waals surface area contributed by atoms with E-state index in [-0.39, 0.29) is 5.91 Å². The molecule has 0 bridgehead atoms. The van der Waals surface area contributed by atoms with Gasteiger partial charge in [-0.1, -0.05) is 13.5 Å². The first kappa shape index (κ1) is 10.2. The highest BCUT2D eigenvalue weighted by atomic mass is 16.2. The number of hydrogen-bond acceptors (Lipinski definition) is 2. The van der Waals surface area contributed by atoms with Gasteiger partial charge in [0.1, 0.15) is 0 Å². The van der Waals surface area contributed by atoms with Crippen LogP contribution in [0.15, 0.2) is 12.3 Å². The third kappa shape index (κ3) is 3.18. The van der Waals surface area contributed by atoms with Crippen LogP contribution in [-0.2, 0) is 4.79 Å². The highest BCUT2D eigenvalue weighted by Gasteiger charge is 2.08. The molecule has 0 aromatic carbocycles. The molecule has 0 rings (SSSR count). The number of rotatable bonds is 4. The molecule has 0 saturated heterocycles. The lowest BCUT2D eigenvalue weighted by Gasteiger charge is -2.21. The molecule has 1 amide bonds. The van der Waals surface area contributed by atoms with Crippen LogP contribution in [0.1, 0.15) is 20.3 Å². The maximum absolute atomic E-state index is 10.9. The number of nitrogens with two attached hydrogens (primary N) is 1. The zero-order valence-corrected chi connectivity index (χ0v) is 7.26. The van der Waals surface area contributed by atoms with E-state index < -0.39 is 0 Å². The molecule has 2 N–H and O–H groups in total. The normalized spacial score (nSPS) is 9.36. The van der Waals surface area contributed by atoms with Crippen LogP contribution in [0.3, 0.4) is 0 Å². The van der Waals surface area contributed by atoms with Crippen molar-refractivity contribution >= 4 is 5.91 Å². The van der Waals surface area contributed by atoms with Gasteiger partial charge in [0.15, 0.2) is 0 Å². The third-order valence-electron chi connectivity index (χ3n) is 1.52. The van der Waals surface area contributed by atoms with E-state index >= 15 is 0 Å². The van der Waals surface area contributed by atoms with Crippen LogP contribution in [0.25, 0.3) is 0 Å². The van der Waals surface area contributed by atoms with E-state index in [4.69, 9.17) is 5.73 Å². The molecule has 0 spiro atoms. The zero-order chi connectivity index (χ0) is 8.85. The summed E-state index contributed by atoms with van der Waals surface area (Å²) in [5.74, 6) is 0.0160. The van der Waals surface area contributed by atoms with Gasteiger partial charge in [0, 0.05) is 25.7 Å². The average molecular weight is 156 g/mol. The van der Waals surface area contributed by atoms with E-state index in [0.717, 1.165) is 12.1 Å². The van der Waals surface area contributed by atoms with Crippen molar-refractivity contribution in [2.75, 3.05) is 13.1 Å². The Hall–Kier alpha value is -0.830. The van der Waals surface area contributed by atoms with Crippen LogP contribution in [0, 0.1) is 0 Å². The molecule has 0 aliphatic carbocycles. The van der Waals surface area contributed by atoms with Crippen LogP contribution in [0.2, 0.25) is 0 Å². The lowest BCUT2D eigenvalue weighted by molar-refractivity contribution is -0.126. The van der Waals surface area contributed by atoms with E-state index in [0.29, 0.717) is 13.1 Å². The van der Waals surface area contributed by atoms with Crippen molar-refractivity contribution in [1.29, 1.82) is 0 Å². The van der Waals surface area contributed by atoms with Gasteiger partial charge >= 0.3 is 0 Å². The van der Waals surface area contributed by atoms with Gasteiger partial charge in [-0.2, -0.15) is 0 Å². The topological polar surface area (TPSA) is 46.3 Å². The molecule has 11 heavy (non-hydrogen) atoms. The van der Waals surface area contributed by atoms with Crippen molar-refractivity contribution in [2.24, 2.45) is 5.73 Å². The first-order valence-corrected chi connectivity index (χ1v) is 3.79. The molecule has 0 fully saturated rings. The Kier molecular flexibility index (Phi) is 4.54. The lowest BCUT2D eigenvalue weighted by atomic mass is 10.3. The molecular weight excluding hydrogens is 140 g/mol. The van der Waals surface area contributed by atoms with Gasteiger partial charge in [-0.15, -0.1) is 0 Å². The van der Waals surface area contributed by atoms with Crippen molar-refractivity contribution in [3.8, 4) is 0 Å². The largest absolute Gasteiger partial charge is 0.329 e. The Morgan fingerprint density at radius 1 is 1.64 bits per heavy atom. The summed E-state index contributed by atoms with van der Waals surface area (Å²) >= 11 is 0. The van der Waals surface area contributed by atoms with Gasteiger partial charge in [-0.3, -0.25) is 4.79 Å². The summed E-state index contributed by atoms with van der Waals surface area (Å²) in [6, 6.07) is 0. The molecule has 0 heterocycles. The van der Waals surface area contributed by atoms with Crippen LogP contribution in [0.5, 0.6) is 0 Å². The fourth-order valence-corrected chi connectivity index (χ4v) is 0.858. The fourth-order valence-electron chi connectivity index (χ4n) is 0.858.